The van der Waals surface area contributed by atoms with Crippen molar-refractivity contribution in [3.8, 4) is 11.3 Å². The molecule has 1 atom stereocenters. The molecule has 0 amide bonds. The number of allylic oxidation sites excluding steroid dienone is 1. The van der Waals surface area contributed by atoms with Gasteiger partial charge in [0.1, 0.15) is 0 Å². The van der Waals surface area contributed by atoms with Gasteiger partial charge in [-0.2, -0.15) is 0 Å². The average Bonchev–Trinajstić information content (AvgIpc) is 3.26. The molecule has 0 spiro atoms. The van der Waals surface area contributed by atoms with Gasteiger partial charge in [0.05, 0.1) is 35.3 Å². The summed E-state index contributed by atoms with van der Waals surface area (Å²) in [6.45, 7) is 2.07. The highest BCUT2D eigenvalue weighted by molar-refractivity contribution is 7.91. The lowest BCUT2D eigenvalue weighted by atomic mass is 10.0. The van der Waals surface area contributed by atoms with Crippen molar-refractivity contribution in [2.75, 3.05) is 11.5 Å². The smallest absolute Gasteiger partial charge is 0.152 e. The summed E-state index contributed by atoms with van der Waals surface area (Å²) in [6, 6.07) is 20.1. The molecule has 4 rings (SSSR count). The number of rotatable bonds is 4. The lowest BCUT2D eigenvalue weighted by Gasteiger charge is -2.16. The van der Waals surface area contributed by atoms with E-state index >= 15 is 0 Å². The van der Waals surface area contributed by atoms with Crippen molar-refractivity contribution in [3.63, 3.8) is 0 Å². The first-order valence-corrected chi connectivity index (χ1v) is 10.9. The van der Waals surface area contributed by atoms with Gasteiger partial charge in [-0.15, -0.1) is 0 Å². The number of benzene rings is 2. The number of hydrogen-bond acceptors (Lipinski definition) is 3. The number of hydrogen-bond donors (Lipinski definition) is 0. The molecule has 0 aliphatic carbocycles. The van der Waals surface area contributed by atoms with E-state index in [4.69, 9.17) is 0 Å². The van der Waals surface area contributed by atoms with Gasteiger partial charge in [0.2, 0.25) is 0 Å². The monoisotopic (exact) mass is 378 g/mol. The molecule has 0 N–H and O–H groups in total. The molecule has 1 saturated heterocycles. The summed E-state index contributed by atoms with van der Waals surface area (Å²) in [5, 5.41) is 0. The first-order chi connectivity index (χ1) is 13.0. The molecule has 138 valence electrons. The molecule has 1 unspecified atom stereocenters. The number of imidazole rings is 1. The Morgan fingerprint density at radius 1 is 1.07 bits per heavy atom. The minimum atomic E-state index is -2.97. The minimum Gasteiger partial charge on any atom is -0.326 e. The maximum atomic E-state index is 12.0. The predicted molar refractivity (Wildman–Crippen MR) is 110 cm³/mol. The van der Waals surface area contributed by atoms with Crippen molar-refractivity contribution in [2.24, 2.45) is 0 Å². The molecule has 2 aromatic carbocycles. The maximum Gasteiger partial charge on any atom is 0.152 e. The first kappa shape index (κ1) is 17.7. The Bertz CT molecular complexity index is 1070. The second-order valence-corrected chi connectivity index (χ2v) is 9.24. The largest absolute Gasteiger partial charge is 0.326 e. The Labute approximate surface area is 160 Å². The number of nitrogens with zero attached hydrogens (tertiary/aromatic N) is 2. The van der Waals surface area contributed by atoms with Crippen LogP contribution < -0.4 is 0 Å². The van der Waals surface area contributed by atoms with E-state index in [0.717, 1.165) is 28.1 Å². The molecule has 0 radical (unpaired) electrons. The summed E-state index contributed by atoms with van der Waals surface area (Å²) in [5.41, 5.74) is 5.10. The zero-order valence-corrected chi connectivity index (χ0v) is 16.1. The van der Waals surface area contributed by atoms with Crippen LogP contribution in [0.5, 0.6) is 0 Å². The van der Waals surface area contributed by atoms with Gasteiger partial charge in [-0.1, -0.05) is 60.7 Å². The van der Waals surface area contributed by atoms with Crippen molar-refractivity contribution in [1.29, 1.82) is 0 Å². The molecule has 1 fully saturated rings. The summed E-state index contributed by atoms with van der Waals surface area (Å²) >= 11 is 0. The lowest BCUT2D eigenvalue weighted by Crippen LogP contribution is -2.12. The standard InChI is InChI=1S/C22H22N2O2S/c1-17(14-18-8-4-2-5-9-18)22-21(19-10-6-3-7-11-19)23-16-24(22)20-12-13-27(25,26)15-20/h2-11,14,16,20H,12-13,15H2,1H3/b17-14+. The fraction of sp³-hybridized carbons (Fsp3) is 0.227. The van der Waals surface area contributed by atoms with Crippen LogP contribution in [-0.4, -0.2) is 29.5 Å². The van der Waals surface area contributed by atoms with Gasteiger partial charge in [-0.25, -0.2) is 13.4 Å². The predicted octanol–water partition coefficient (Wildman–Crippen LogP) is 4.47. The molecule has 1 aliphatic rings. The van der Waals surface area contributed by atoms with Crippen LogP contribution in [0.2, 0.25) is 0 Å². The second-order valence-electron chi connectivity index (χ2n) is 7.01. The van der Waals surface area contributed by atoms with Crippen molar-refractivity contribution >= 4 is 21.5 Å². The summed E-state index contributed by atoms with van der Waals surface area (Å²) in [5.74, 6) is 0.431. The minimum absolute atomic E-state index is 0.0610. The van der Waals surface area contributed by atoms with E-state index in [0.29, 0.717) is 6.42 Å². The molecule has 1 aliphatic heterocycles. The molecule has 0 bridgehead atoms. The topological polar surface area (TPSA) is 52.0 Å². The van der Waals surface area contributed by atoms with Crippen molar-refractivity contribution in [2.45, 2.75) is 19.4 Å². The van der Waals surface area contributed by atoms with Crippen LogP contribution in [0.3, 0.4) is 0 Å². The molecule has 4 nitrogen and oxygen atoms in total. The van der Waals surface area contributed by atoms with Crippen molar-refractivity contribution in [3.05, 3.63) is 78.2 Å². The molecule has 2 heterocycles. The third-order valence-electron chi connectivity index (χ3n) is 5.00. The third-order valence-corrected chi connectivity index (χ3v) is 6.75. The first-order valence-electron chi connectivity index (χ1n) is 9.10. The quantitative estimate of drug-likeness (QED) is 0.673. The van der Waals surface area contributed by atoms with Gasteiger partial charge >= 0.3 is 0 Å². The Kier molecular flexibility index (Phi) is 4.70. The summed E-state index contributed by atoms with van der Waals surface area (Å²) in [7, 11) is -2.97. The van der Waals surface area contributed by atoms with Gasteiger partial charge in [0, 0.05) is 5.56 Å². The molecule has 3 aromatic rings. The number of aromatic nitrogens is 2. The Balaban J connectivity index is 1.84. The Hall–Kier alpha value is -2.66. The molecular weight excluding hydrogens is 356 g/mol. The normalized spacial score (nSPS) is 19.3. The molecule has 1 aromatic heterocycles. The van der Waals surface area contributed by atoms with E-state index in [-0.39, 0.29) is 17.5 Å². The van der Waals surface area contributed by atoms with Gasteiger partial charge in [0.15, 0.2) is 9.84 Å². The van der Waals surface area contributed by atoms with Crippen LogP contribution >= 0.6 is 0 Å². The summed E-state index contributed by atoms with van der Waals surface area (Å²) < 4.78 is 26.1. The van der Waals surface area contributed by atoms with Crippen molar-refractivity contribution in [1.82, 2.24) is 9.55 Å². The van der Waals surface area contributed by atoms with Crippen molar-refractivity contribution < 1.29 is 8.42 Å². The fourth-order valence-electron chi connectivity index (χ4n) is 3.70. The van der Waals surface area contributed by atoms with E-state index in [2.05, 4.69) is 34.7 Å². The van der Waals surface area contributed by atoms with E-state index in [1.807, 2.05) is 48.5 Å². The van der Waals surface area contributed by atoms with Gasteiger partial charge < -0.3 is 4.57 Å². The van der Waals surface area contributed by atoms with E-state index in [9.17, 15) is 8.42 Å². The van der Waals surface area contributed by atoms with E-state index in [1.165, 1.54) is 0 Å². The Morgan fingerprint density at radius 3 is 2.37 bits per heavy atom. The third kappa shape index (κ3) is 3.74. The van der Waals surface area contributed by atoms with Crippen LogP contribution in [0.25, 0.3) is 22.9 Å². The molecular formula is C22H22N2O2S. The summed E-state index contributed by atoms with van der Waals surface area (Å²) in [6.07, 6.45) is 4.56. The van der Waals surface area contributed by atoms with Crippen LogP contribution in [0.15, 0.2) is 67.0 Å². The van der Waals surface area contributed by atoms with E-state index < -0.39 is 9.84 Å². The highest BCUT2D eigenvalue weighted by Crippen LogP contribution is 2.34. The fourth-order valence-corrected chi connectivity index (χ4v) is 5.41. The summed E-state index contributed by atoms with van der Waals surface area (Å²) in [4.78, 5) is 4.67. The average molecular weight is 378 g/mol. The van der Waals surface area contributed by atoms with Crippen LogP contribution in [0.1, 0.15) is 30.6 Å². The zero-order valence-electron chi connectivity index (χ0n) is 15.2. The Morgan fingerprint density at radius 2 is 1.74 bits per heavy atom. The van der Waals surface area contributed by atoms with Crippen LogP contribution in [-0.2, 0) is 9.84 Å². The second kappa shape index (κ2) is 7.16. The van der Waals surface area contributed by atoms with Gasteiger partial charge in [-0.05, 0) is 30.6 Å². The zero-order chi connectivity index (χ0) is 18.9. The molecule has 0 saturated carbocycles. The lowest BCUT2D eigenvalue weighted by molar-refractivity contribution is 0.550. The highest BCUT2D eigenvalue weighted by Gasteiger charge is 2.31. The highest BCUT2D eigenvalue weighted by atomic mass is 32.2. The SMILES string of the molecule is C/C(=C\c1ccccc1)c1c(-c2ccccc2)ncn1C1CCS(=O)(=O)C1. The molecule has 5 heteroatoms. The van der Waals surface area contributed by atoms with Gasteiger partial charge in [-0.3, -0.25) is 0 Å². The number of sulfone groups is 1. The van der Waals surface area contributed by atoms with Crippen LogP contribution in [0, 0.1) is 0 Å². The van der Waals surface area contributed by atoms with Gasteiger partial charge in [0.25, 0.3) is 0 Å². The maximum absolute atomic E-state index is 12.0. The van der Waals surface area contributed by atoms with E-state index in [1.54, 1.807) is 6.33 Å². The van der Waals surface area contributed by atoms with Crippen LogP contribution in [0.4, 0.5) is 0 Å². The molecule has 27 heavy (non-hydrogen) atoms.